The number of carbonyl (C=O) groups is 1. The first-order valence-corrected chi connectivity index (χ1v) is 4.00. The zero-order valence-corrected chi connectivity index (χ0v) is 7.69. The van der Waals surface area contributed by atoms with E-state index in [0.717, 1.165) is 11.4 Å². The van der Waals surface area contributed by atoms with Gasteiger partial charge in [-0.1, -0.05) is 0 Å². The monoisotopic (exact) mass is 183 g/mol. The lowest BCUT2D eigenvalue weighted by molar-refractivity contribution is -0.138. The average Bonchev–Trinajstić information content (AvgIpc) is 2.30. The summed E-state index contributed by atoms with van der Waals surface area (Å²) in [6.45, 7) is 3.94. The molecule has 72 valence electrons. The maximum Gasteiger partial charge on any atom is 0.322 e. The SMILES string of the molecule is Cc1cc(C)n(CC(N)C(=O)O)n1. The number of aryl methyl sites for hydroxylation is 2. The van der Waals surface area contributed by atoms with Crippen molar-refractivity contribution in [3.8, 4) is 0 Å². The summed E-state index contributed by atoms with van der Waals surface area (Å²) < 4.78 is 1.61. The molecular formula is C8H13N3O2. The van der Waals surface area contributed by atoms with E-state index < -0.39 is 12.0 Å². The van der Waals surface area contributed by atoms with Crippen LogP contribution in [0.25, 0.3) is 0 Å². The van der Waals surface area contributed by atoms with E-state index >= 15 is 0 Å². The number of aliphatic carboxylic acids is 1. The van der Waals surface area contributed by atoms with Gasteiger partial charge in [0, 0.05) is 5.69 Å². The molecular weight excluding hydrogens is 170 g/mol. The van der Waals surface area contributed by atoms with E-state index in [1.165, 1.54) is 0 Å². The normalized spacial score (nSPS) is 12.8. The van der Waals surface area contributed by atoms with E-state index in [2.05, 4.69) is 5.10 Å². The number of nitrogens with two attached hydrogens (primary N) is 1. The van der Waals surface area contributed by atoms with E-state index in [0.29, 0.717) is 0 Å². The summed E-state index contributed by atoms with van der Waals surface area (Å²) in [5.41, 5.74) is 7.16. The second-order valence-electron chi connectivity index (χ2n) is 3.05. The van der Waals surface area contributed by atoms with Crippen LogP contribution in [-0.4, -0.2) is 26.9 Å². The Hall–Kier alpha value is -1.36. The fraction of sp³-hybridized carbons (Fsp3) is 0.500. The number of nitrogens with zero attached hydrogens (tertiary/aromatic N) is 2. The van der Waals surface area contributed by atoms with Crippen LogP contribution in [0.1, 0.15) is 11.4 Å². The number of rotatable bonds is 3. The second-order valence-corrected chi connectivity index (χ2v) is 3.05. The van der Waals surface area contributed by atoms with Crippen LogP contribution >= 0.6 is 0 Å². The molecule has 0 aliphatic heterocycles. The first-order valence-electron chi connectivity index (χ1n) is 4.00. The van der Waals surface area contributed by atoms with Gasteiger partial charge in [0.1, 0.15) is 6.04 Å². The molecule has 1 rings (SSSR count). The molecule has 1 heterocycles. The van der Waals surface area contributed by atoms with Gasteiger partial charge in [0.25, 0.3) is 0 Å². The van der Waals surface area contributed by atoms with E-state index in [1.54, 1.807) is 4.68 Å². The number of hydrogen-bond donors (Lipinski definition) is 2. The molecule has 1 unspecified atom stereocenters. The van der Waals surface area contributed by atoms with Crippen LogP contribution in [0.5, 0.6) is 0 Å². The number of aromatic nitrogens is 2. The van der Waals surface area contributed by atoms with Crippen LogP contribution in [-0.2, 0) is 11.3 Å². The van der Waals surface area contributed by atoms with Gasteiger partial charge in [-0.2, -0.15) is 5.10 Å². The largest absolute Gasteiger partial charge is 0.480 e. The lowest BCUT2D eigenvalue weighted by atomic mass is 10.3. The Bertz CT molecular complexity index is 319. The van der Waals surface area contributed by atoms with Crippen LogP contribution < -0.4 is 5.73 Å². The molecule has 1 atom stereocenters. The molecule has 0 aromatic carbocycles. The van der Waals surface area contributed by atoms with Crippen molar-refractivity contribution in [2.24, 2.45) is 5.73 Å². The van der Waals surface area contributed by atoms with Crippen molar-refractivity contribution >= 4 is 5.97 Å². The Labute approximate surface area is 76.2 Å². The van der Waals surface area contributed by atoms with Gasteiger partial charge in [-0.25, -0.2) is 0 Å². The van der Waals surface area contributed by atoms with Crippen molar-refractivity contribution in [2.75, 3.05) is 0 Å². The second kappa shape index (κ2) is 3.57. The summed E-state index contributed by atoms with van der Waals surface area (Å²) in [6.07, 6.45) is 0. The van der Waals surface area contributed by atoms with E-state index in [1.807, 2.05) is 19.9 Å². The van der Waals surface area contributed by atoms with E-state index in [4.69, 9.17) is 10.8 Å². The lowest BCUT2D eigenvalue weighted by Gasteiger charge is -2.07. The molecule has 0 aliphatic rings. The molecule has 0 saturated carbocycles. The van der Waals surface area contributed by atoms with Crippen LogP contribution in [0.15, 0.2) is 6.07 Å². The molecule has 0 radical (unpaired) electrons. The molecule has 0 amide bonds. The fourth-order valence-corrected chi connectivity index (χ4v) is 1.12. The third-order valence-corrected chi connectivity index (χ3v) is 1.79. The molecule has 0 fully saturated rings. The summed E-state index contributed by atoms with van der Waals surface area (Å²) in [5, 5.41) is 12.7. The highest BCUT2D eigenvalue weighted by molar-refractivity contribution is 5.72. The summed E-state index contributed by atoms with van der Waals surface area (Å²) >= 11 is 0. The predicted molar refractivity (Wildman–Crippen MR) is 47.3 cm³/mol. The fourth-order valence-electron chi connectivity index (χ4n) is 1.12. The molecule has 1 aromatic rings. The molecule has 5 heteroatoms. The first-order chi connectivity index (χ1) is 6.00. The molecule has 0 saturated heterocycles. The highest BCUT2D eigenvalue weighted by Gasteiger charge is 2.13. The molecule has 0 aliphatic carbocycles. The molecule has 13 heavy (non-hydrogen) atoms. The summed E-state index contributed by atoms with van der Waals surface area (Å²) in [5.74, 6) is -1.01. The first kappa shape index (κ1) is 9.73. The van der Waals surface area contributed by atoms with Crippen LogP contribution in [0.2, 0.25) is 0 Å². The third kappa shape index (κ3) is 2.29. The smallest absolute Gasteiger partial charge is 0.322 e. The van der Waals surface area contributed by atoms with Crippen molar-refractivity contribution < 1.29 is 9.90 Å². The van der Waals surface area contributed by atoms with Gasteiger partial charge in [0.15, 0.2) is 0 Å². The highest BCUT2D eigenvalue weighted by atomic mass is 16.4. The zero-order valence-electron chi connectivity index (χ0n) is 7.69. The van der Waals surface area contributed by atoms with Gasteiger partial charge < -0.3 is 10.8 Å². The highest BCUT2D eigenvalue weighted by Crippen LogP contribution is 2.02. The lowest BCUT2D eigenvalue weighted by Crippen LogP contribution is -2.35. The third-order valence-electron chi connectivity index (χ3n) is 1.79. The topological polar surface area (TPSA) is 81.1 Å². The minimum absolute atomic E-state index is 0.217. The van der Waals surface area contributed by atoms with Crippen molar-refractivity contribution in [3.05, 3.63) is 17.5 Å². The molecule has 0 spiro atoms. The molecule has 1 aromatic heterocycles. The summed E-state index contributed by atoms with van der Waals surface area (Å²) in [7, 11) is 0. The Morgan fingerprint density at radius 2 is 2.38 bits per heavy atom. The van der Waals surface area contributed by atoms with Gasteiger partial charge in [-0.05, 0) is 19.9 Å². The Balaban J connectivity index is 2.74. The molecule has 3 N–H and O–H groups in total. The maximum absolute atomic E-state index is 10.5. The zero-order chi connectivity index (χ0) is 10.0. The maximum atomic E-state index is 10.5. The van der Waals surface area contributed by atoms with Crippen molar-refractivity contribution in [1.82, 2.24) is 9.78 Å². The minimum atomic E-state index is -1.01. The Morgan fingerprint density at radius 1 is 1.77 bits per heavy atom. The van der Waals surface area contributed by atoms with E-state index in [9.17, 15) is 4.79 Å². The number of carboxylic acids is 1. The minimum Gasteiger partial charge on any atom is -0.480 e. The Morgan fingerprint density at radius 3 is 2.77 bits per heavy atom. The van der Waals surface area contributed by atoms with Gasteiger partial charge >= 0.3 is 5.97 Å². The molecule has 0 bridgehead atoms. The van der Waals surface area contributed by atoms with Crippen molar-refractivity contribution in [3.63, 3.8) is 0 Å². The summed E-state index contributed by atoms with van der Waals surface area (Å²) in [6, 6.07) is 0.993. The predicted octanol–water partition coefficient (Wildman–Crippen LogP) is -0.0882. The quantitative estimate of drug-likeness (QED) is 0.686. The van der Waals surface area contributed by atoms with Crippen LogP contribution in [0.3, 0.4) is 0 Å². The number of hydrogen-bond acceptors (Lipinski definition) is 3. The van der Waals surface area contributed by atoms with Gasteiger partial charge in [0.05, 0.1) is 12.2 Å². The average molecular weight is 183 g/mol. The van der Waals surface area contributed by atoms with Gasteiger partial charge in [0.2, 0.25) is 0 Å². The van der Waals surface area contributed by atoms with Crippen LogP contribution in [0, 0.1) is 13.8 Å². The van der Waals surface area contributed by atoms with E-state index in [-0.39, 0.29) is 6.54 Å². The molecule has 5 nitrogen and oxygen atoms in total. The Kier molecular flexibility index (Phi) is 2.67. The van der Waals surface area contributed by atoms with Crippen molar-refractivity contribution in [2.45, 2.75) is 26.4 Å². The van der Waals surface area contributed by atoms with Gasteiger partial charge in [-0.15, -0.1) is 0 Å². The van der Waals surface area contributed by atoms with Gasteiger partial charge in [-0.3, -0.25) is 9.48 Å². The standard InChI is InChI=1S/C8H13N3O2/c1-5-3-6(2)11(10-5)4-7(9)8(12)13/h3,7H,4,9H2,1-2H3,(H,12,13). The van der Waals surface area contributed by atoms with Crippen molar-refractivity contribution in [1.29, 1.82) is 0 Å². The summed E-state index contributed by atoms with van der Waals surface area (Å²) in [4.78, 5) is 10.5. The number of carboxylic acid groups (broad SMARTS) is 1. The van der Waals surface area contributed by atoms with Crippen LogP contribution in [0.4, 0.5) is 0 Å².